The molecule has 1 aliphatic heterocycles. The molecule has 1 aliphatic rings. The lowest BCUT2D eigenvalue weighted by atomic mass is 9.93. The minimum absolute atomic E-state index is 0.0258. The van der Waals surface area contributed by atoms with Crippen LogP contribution in [0.5, 0.6) is 5.75 Å². The summed E-state index contributed by atoms with van der Waals surface area (Å²) < 4.78 is 42.8. The van der Waals surface area contributed by atoms with Gasteiger partial charge in [0.25, 0.3) is 0 Å². The summed E-state index contributed by atoms with van der Waals surface area (Å²) in [7, 11) is 1.63. The van der Waals surface area contributed by atoms with Crippen LogP contribution in [0.4, 0.5) is 13.2 Å². The molecular formula is C19H27F3N2O3. The molecule has 1 saturated heterocycles. The normalized spacial score (nSPS) is 16.8. The monoisotopic (exact) mass is 388 g/mol. The number of benzene rings is 1. The largest absolute Gasteiger partial charge is 0.491 e. The highest BCUT2D eigenvalue weighted by Crippen LogP contribution is 2.30. The molecule has 0 spiro atoms. The van der Waals surface area contributed by atoms with Crippen LogP contribution in [0.3, 0.4) is 0 Å². The summed E-state index contributed by atoms with van der Waals surface area (Å²) in [6.45, 7) is 2.01. The van der Waals surface area contributed by atoms with E-state index in [2.05, 4.69) is 5.32 Å². The van der Waals surface area contributed by atoms with Gasteiger partial charge in [-0.1, -0.05) is 0 Å². The van der Waals surface area contributed by atoms with Gasteiger partial charge in [0.2, 0.25) is 5.91 Å². The topological polar surface area (TPSA) is 61.8 Å². The third-order valence-electron chi connectivity index (χ3n) is 4.76. The molecule has 152 valence electrons. The number of likely N-dealkylation sites (N-methyl/N-ethyl adjacent to an activating group) is 1. The molecule has 1 amide bonds. The fraction of sp³-hybridized carbons (Fsp3) is 0.632. The number of piperidine rings is 1. The SMILES string of the molecule is CN(CC(O)COc1ccc(C(F)(F)F)cc1)C(=O)CCC1CCNCC1. The Hall–Kier alpha value is -1.80. The number of aliphatic hydroxyl groups is 1. The third kappa shape index (κ3) is 7.38. The van der Waals surface area contributed by atoms with E-state index in [-0.39, 0.29) is 24.8 Å². The van der Waals surface area contributed by atoms with Crippen LogP contribution in [0.2, 0.25) is 0 Å². The number of carbonyl (C=O) groups is 1. The number of nitrogens with zero attached hydrogens (tertiary/aromatic N) is 1. The van der Waals surface area contributed by atoms with Crippen LogP contribution in [0.25, 0.3) is 0 Å². The van der Waals surface area contributed by atoms with Gasteiger partial charge in [-0.25, -0.2) is 0 Å². The molecule has 1 aromatic rings. The van der Waals surface area contributed by atoms with Gasteiger partial charge >= 0.3 is 6.18 Å². The number of hydrogen-bond acceptors (Lipinski definition) is 4. The summed E-state index contributed by atoms with van der Waals surface area (Å²) in [6, 6.07) is 4.28. The predicted octanol–water partition coefficient (Wildman–Crippen LogP) is 2.68. The van der Waals surface area contributed by atoms with E-state index in [0.29, 0.717) is 12.3 Å². The molecule has 0 radical (unpaired) electrons. The molecule has 1 heterocycles. The van der Waals surface area contributed by atoms with Crippen LogP contribution in [0.15, 0.2) is 24.3 Å². The lowest BCUT2D eigenvalue weighted by molar-refractivity contribution is -0.137. The first-order chi connectivity index (χ1) is 12.8. The Balaban J connectivity index is 1.69. The number of hydrogen-bond donors (Lipinski definition) is 2. The third-order valence-corrected chi connectivity index (χ3v) is 4.76. The lowest BCUT2D eigenvalue weighted by Crippen LogP contribution is -2.37. The van der Waals surface area contributed by atoms with Crippen LogP contribution in [0, 0.1) is 5.92 Å². The van der Waals surface area contributed by atoms with Crippen molar-refractivity contribution in [3.8, 4) is 5.75 Å². The van der Waals surface area contributed by atoms with Crippen molar-refractivity contribution in [2.75, 3.05) is 33.3 Å². The van der Waals surface area contributed by atoms with Crippen LogP contribution < -0.4 is 10.1 Å². The first kappa shape index (κ1) is 21.5. The number of rotatable bonds is 8. The number of halogens is 3. The molecule has 8 heteroatoms. The zero-order chi connectivity index (χ0) is 19.9. The van der Waals surface area contributed by atoms with Gasteiger partial charge in [-0.3, -0.25) is 4.79 Å². The zero-order valence-electron chi connectivity index (χ0n) is 15.5. The van der Waals surface area contributed by atoms with E-state index in [4.69, 9.17) is 4.74 Å². The van der Waals surface area contributed by atoms with E-state index in [0.717, 1.165) is 44.5 Å². The Morgan fingerprint density at radius 2 is 1.93 bits per heavy atom. The summed E-state index contributed by atoms with van der Waals surface area (Å²) in [4.78, 5) is 13.7. The first-order valence-corrected chi connectivity index (χ1v) is 9.18. The molecule has 1 aromatic carbocycles. The second-order valence-electron chi connectivity index (χ2n) is 6.99. The van der Waals surface area contributed by atoms with Gasteiger partial charge in [-0.2, -0.15) is 13.2 Å². The van der Waals surface area contributed by atoms with Crippen molar-refractivity contribution in [2.24, 2.45) is 5.92 Å². The number of aliphatic hydroxyl groups excluding tert-OH is 1. The summed E-state index contributed by atoms with van der Waals surface area (Å²) in [5, 5.41) is 13.3. The van der Waals surface area contributed by atoms with Gasteiger partial charge in [0.1, 0.15) is 18.5 Å². The molecule has 2 rings (SSSR count). The summed E-state index contributed by atoms with van der Waals surface area (Å²) >= 11 is 0. The maximum absolute atomic E-state index is 12.5. The van der Waals surface area contributed by atoms with Crippen molar-refractivity contribution >= 4 is 5.91 Å². The molecule has 2 N–H and O–H groups in total. The van der Waals surface area contributed by atoms with Gasteiger partial charge in [0, 0.05) is 20.0 Å². The molecule has 27 heavy (non-hydrogen) atoms. The quantitative estimate of drug-likeness (QED) is 0.719. The van der Waals surface area contributed by atoms with Crippen molar-refractivity contribution in [2.45, 2.75) is 38.0 Å². The number of amides is 1. The molecule has 5 nitrogen and oxygen atoms in total. The second-order valence-corrected chi connectivity index (χ2v) is 6.99. The maximum Gasteiger partial charge on any atom is 0.416 e. The van der Waals surface area contributed by atoms with Crippen LogP contribution in [-0.4, -0.2) is 55.3 Å². The number of ether oxygens (including phenoxy) is 1. The maximum atomic E-state index is 12.5. The number of nitrogens with one attached hydrogen (secondary N) is 1. The van der Waals surface area contributed by atoms with Crippen molar-refractivity contribution in [1.29, 1.82) is 0 Å². The average molecular weight is 388 g/mol. The Morgan fingerprint density at radius 3 is 2.52 bits per heavy atom. The molecule has 1 unspecified atom stereocenters. The van der Waals surface area contributed by atoms with E-state index >= 15 is 0 Å². The van der Waals surface area contributed by atoms with Gasteiger partial charge < -0.3 is 20.1 Å². The number of alkyl halides is 3. The van der Waals surface area contributed by atoms with Crippen LogP contribution in [0.1, 0.15) is 31.2 Å². The Morgan fingerprint density at radius 1 is 1.30 bits per heavy atom. The standard InChI is InChI=1S/C19H27F3N2O3/c1-24(18(26)7-2-14-8-10-23-11-9-14)12-16(25)13-27-17-5-3-15(4-6-17)19(20,21)22/h3-6,14,16,23,25H,2,7-13H2,1H3. The lowest BCUT2D eigenvalue weighted by Gasteiger charge is -2.24. The molecular weight excluding hydrogens is 361 g/mol. The minimum atomic E-state index is -4.39. The van der Waals surface area contributed by atoms with Crippen molar-refractivity contribution in [3.63, 3.8) is 0 Å². The first-order valence-electron chi connectivity index (χ1n) is 9.18. The fourth-order valence-corrected chi connectivity index (χ4v) is 3.09. The molecule has 0 aromatic heterocycles. The predicted molar refractivity (Wildman–Crippen MR) is 95.4 cm³/mol. The number of carbonyl (C=O) groups excluding carboxylic acids is 1. The molecule has 0 bridgehead atoms. The molecule has 0 aliphatic carbocycles. The van der Waals surface area contributed by atoms with E-state index < -0.39 is 17.8 Å². The summed E-state index contributed by atoms with van der Waals surface area (Å²) in [5.41, 5.74) is -0.755. The summed E-state index contributed by atoms with van der Waals surface area (Å²) in [5.74, 6) is 0.778. The van der Waals surface area contributed by atoms with E-state index in [1.165, 1.54) is 17.0 Å². The Bertz CT molecular complexity index is 587. The Labute approximate surface area is 157 Å². The second kappa shape index (κ2) is 9.94. The zero-order valence-corrected chi connectivity index (χ0v) is 15.5. The summed E-state index contributed by atoms with van der Waals surface area (Å²) in [6.07, 6.45) is -1.84. The van der Waals surface area contributed by atoms with E-state index in [1.54, 1.807) is 7.05 Å². The molecule has 0 saturated carbocycles. The van der Waals surface area contributed by atoms with Gasteiger partial charge in [0.05, 0.1) is 5.56 Å². The average Bonchev–Trinajstić information content (AvgIpc) is 2.65. The van der Waals surface area contributed by atoms with Crippen molar-refractivity contribution < 1.29 is 27.8 Å². The van der Waals surface area contributed by atoms with Gasteiger partial charge in [-0.05, 0) is 62.5 Å². The molecule has 1 fully saturated rings. The highest BCUT2D eigenvalue weighted by atomic mass is 19.4. The Kier molecular flexibility index (Phi) is 7.91. The van der Waals surface area contributed by atoms with Crippen LogP contribution >= 0.6 is 0 Å². The van der Waals surface area contributed by atoms with Crippen molar-refractivity contribution in [3.05, 3.63) is 29.8 Å². The van der Waals surface area contributed by atoms with Crippen LogP contribution in [-0.2, 0) is 11.0 Å². The van der Waals surface area contributed by atoms with Gasteiger partial charge in [0.15, 0.2) is 0 Å². The van der Waals surface area contributed by atoms with E-state index in [1.807, 2.05) is 0 Å². The fourth-order valence-electron chi connectivity index (χ4n) is 3.09. The molecule has 1 atom stereocenters. The van der Waals surface area contributed by atoms with Crippen molar-refractivity contribution in [1.82, 2.24) is 10.2 Å². The minimum Gasteiger partial charge on any atom is -0.491 e. The van der Waals surface area contributed by atoms with E-state index in [9.17, 15) is 23.1 Å². The highest BCUT2D eigenvalue weighted by molar-refractivity contribution is 5.75. The smallest absolute Gasteiger partial charge is 0.416 e. The van der Waals surface area contributed by atoms with Gasteiger partial charge in [-0.15, -0.1) is 0 Å². The highest BCUT2D eigenvalue weighted by Gasteiger charge is 2.30.